The number of nitrogens with zero attached hydrogens (tertiary/aromatic N) is 4. The van der Waals surface area contributed by atoms with E-state index in [0.717, 1.165) is 19.1 Å². The Morgan fingerprint density at radius 2 is 2.27 bits per heavy atom. The first-order chi connectivity index (χ1) is 10.7. The van der Waals surface area contributed by atoms with Gasteiger partial charge < -0.3 is 19.6 Å². The van der Waals surface area contributed by atoms with Gasteiger partial charge in [-0.3, -0.25) is 0 Å². The lowest BCUT2D eigenvalue weighted by Gasteiger charge is -2.18. The number of carbonyl (C=O) groups is 1. The van der Waals surface area contributed by atoms with Gasteiger partial charge in [0.15, 0.2) is 5.82 Å². The van der Waals surface area contributed by atoms with Crippen molar-refractivity contribution in [2.45, 2.75) is 45.2 Å². The van der Waals surface area contributed by atoms with Gasteiger partial charge in [0.2, 0.25) is 5.89 Å². The molecular weight excluding hydrogens is 282 g/mol. The fraction of sp³-hybridized carbons (Fsp3) is 0.800. The number of hydrogen-bond donors (Lipinski definition) is 1. The minimum absolute atomic E-state index is 0.0762. The van der Waals surface area contributed by atoms with E-state index in [0.29, 0.717) is 30.6 Å². The van der Waals surface area contributed by atoms with Gasteiger partial charge in [-0.1, -0.05) is 12.1 Å². The summed E-state index contributed by atoms with van der Waals surface area (Å²) < 4.78 is 5.05. The van der Waals surface area contributed by atoms with Gasteiger partial charge in [0.1, 0.15) is 0 Å². The summed E-state index contributed by atoms with van der Waals surface area (Å²) >= 11 is 0. The maximum atomic E-state index is 12.1. The second kappa shape index (κ2) is 6.64. The molecule has 1 aliphatic heterocycles. The van der Waals surface area contributed by atoms with E-state index in [1.807, 2.05) is 6.92 Å². The van der Waals surface area contributed by atoms with E-state index in [2.05, 4.69) is 20.4 Å². The third kappa shape index (κ3) is 3.76. The predicted molar refractivity (Wildman–Crippen MR) is 81.2 cm³/mol. The van der Waals surface area contributed by atoms with Crippen molar-refractivity contribution in [3.8, 4) is 0 Å². The third-order valence-electron chi connectivity index (χ3n) is 4.46. The van der Waals surface area contributed by atoms with Crippen molar-refractivity contribution < 1.29 is 9.32 Å². The molecule has 2 amide bonds. The number of urea groups is 1. The van der Waals surface area contributed by atoms with E-state index in [4.69, 9.17) is 4.52 Å². The molecule has 1 atom stereocenters. The Labute approximate surface area is 131 Å². The van der Waals surface area contributed by atoms with Crippen LogP contribution in [0.5, 0.6) is 0 Å². The quantitative estimate of drug-likeness (QED) is 0.856. The van der Waals surface area contributed by atoms with Crippen molar-refractivity contribution in [3.05, 3.63) is 11.7 Å². The van der Waals surface area contributed by atoms with Crippen molar-refractivity contribution in [1.82, 2.24) is 25.3 Å². The SMILES string of the molecule is CCc1nc(CN(C)C(=O)NCC2CCN(C3CC3)C2)no1. The molecule has 122 valence electrons. The highest BCUT2D eigenvalue weighted by atomic mass is 16.5. The van der Waals surface area contributed by atoms with Crippen LogP contribution in [0.2, 0.25) is 0 Å². The smallest absolute Gasteiger partial charge is 0.317 e. The number of rotatable bonds is 6. The fourth-order valence-electron chi connectivity index (χ4n) is 2.95. The predicted octanol–water partition coefficient (Wildman–Crippen LogP) is 1.26. The first-order valence-electron chi connectivity index (χ1n) is 8.20. The van der Waals surface area contributed by atoms with Crippen LogP contribution in [0.1, 0.15) is 37.9 Å². The van der Waals surface area contributed by atoms with E-state index in [9.17, 15) is 4.79 Å². The topological polar surface area (TPSA) is 74.5 Å². The zero-order chi connectivity index (χ0) is 15.5. The van der Waals surface area contributed by atoms with Crippen molar-refractivity contribution >= 4 is 6.03 Å². The van der Waals surface area contributed by atoms with Gasteiger partial charge in [0, 0.05) is 32.6 Å². The lowest BCUT2D eigenvalue weighted by Crippen LogP contribution is -2.40. The standard InChI is InChI=1S/C15H25N5O2/c1-3-14-17-13(18-22-14)10-19(2)15(21)16-8-11-6-7-20(9-11)12-4-5-12/h11-12H,3-10H2,1-2H3,(H,16,21). The molecule has 1 saturated heterocycles. The molecule has 22 heavy (non-hydrogen) atoms. The highest BCUT2D eigenvalue weighted by molar-refractivity contribution is 5.73. The highest BCUT2D eigenvalue weighted by Gasteiger charge is 2.34. The number of likely N-dealkylation sites (tertiary alicyclic amines) is 1. The lowest BCUT2D eigenvalue weighted by atomic mass is 10.1. The molecule has 7 heteroatoms. The number of hydrogen-bond acceptors (Lipinski definition) is 5. The minimum atomic E-state index is -0.0762. The molecule has 2 fully saturated rings. The lowest BCUT2D eigenvalue weighted by molar-refractivity contribution is 0.203. The monoisotopic (exact) mass is 307 g/mol. The maximum absolute atomic E-state index is 12.1. The van der Waals surface area contributed by atoms with Gasteiger partial charge in [-0.25, -0.2) is 4.79 Å². The van der Waals surface area contributed by atoms with Crippen LogP contribution in [-0.2, 0) is 13.0 Å². The average molecular weight is 307 g/mol. The van der Waals surface area contributed by atoms with Crippen molar-refractivity contribution in [3.63, 3.8) is 0 Å². The summed E-state index contributed by atoms with van der Waals surface area (Å²) in [7, 11) is 1.75. The third-order valence-corrected chi connectivity index (χ3v) is 4.46. The van der Waals surface area contributed by atoms with Crippen LogP contribution in [0.25, 0.3) is 0 Å². The largest absolute Gasteiger partial charge is 0.339 e. The van der Waals surface area contributed by atoms with Crippen LogP contribution >= 0.6 is 0 Å². The second-order valence-electron chi connectivity index (χ2n) is 6.38. The first-order valence-corrected chi connectivity index (χ1v) is 8.20. The van der Waals surface area contributed by atoms with E-state index in [1.54, 1.807) is 11.9 Å². The van der Waals surface area contributed by atoms with Crippen molar-refractivity contribution in [2.24, 2.45) is 5.92 Å². The van der Waals surface area contributed by atoms with Crippen LogP contribution in [-0.4, -0.2) is 58.7 Å². The summed E-state index contributed by atoms with van der Waals surface area (Å²) in [4.78, 5) is 20.5. The van der Waals surface area contributed by atoms with Crippen LogP contribution < -0.4 is 5.32 Å². The molecular formula is C15H25N5O2. The van der Waals surface area contributed by atoms with Gasteiger partial charge in [0.05, 0.1) is 6.54 Å². The zero-order valence-electron chi connectivity index (χ0n) is 13.4. The Hall–Kier alpha value is -1.63. The maximum Gasteiger partial charge on any atom is 0.317 e. The zero-order valence-corrected chi connectivity index (χ0v) is 13.4. The molecule has 1 saturated carbocycles. The van der Waals surface area contributed by atoms with Crippen LogP contribution in [0.15, 0.2) is 4.52 Å². The Morgan fingerprint density at radius 1 is 1.45 bits per heavy atom. The Bertz CT molecular complexity index is 514. The van der Waals surface area contributed by atoms with Gasteiger partial charge >= 0.3 is 6.03 Å². The average Bonchev–Trinajstić information content (AvgIpc) is 3.09. The molecule has 0 aromatic carbocycles. The van der Waals surface area contributed by atoms with Gasteiger partial charge in [-0.05, 0) is 31.7 Å². The van der Waals surface area contributed by atoms with Gasteiger partial charge in [0.25, 0.3) is 0 Å². The van der Waals surface area contributed by atoms with Crippen LogP contribution in [0, 0.1) is 5.92 Å². The summed E-state index contributed by atoms with van der Waals surface area (Å²) in [5.41, 5.74) is 0. The summed E-state index contributed by atoms with van der Waals surface area (Å²) in [5.74, 6) is 1.74. The summed E-state index contributed by atoms with van der Waals surface area (Å²) in [6.07, 6.45) is 4.60. The minimum Gasteiger partial charge on any atom is -0.339 e. The highest BCUT2D eigenvalue weighted by Crippen LogP contribution is 2.31. The molecule has 0 spiro atoms. The second-order valence-corrected chi connectivity index (χ2v) is 6.38. The summed E-state index contributed by atoms with van der Waals surface area (Å²) in [6, 6.07) is 0.752. The molecule has 2 heterocycles. The van der Waals surface area contributed by atoms with E-state index >= 15 is 0 Å². The molecule has 0 bridgehead atoms. The van der Waals surface area contributed by atoms with Crippen LogP contribution in [0.3, 0.4) is 0 Å². The Morgan fingerprint density at radius 3 is 2.95 bits per heavy atom. The van der Waals surface area contributed by atoms with E-state index in [-0.39, 0.29) is 6.03 Å². The van der Waals surface area contributed by atoms with E-state index in [1.165, 1.54) is 25.8 Å². The summed E-state index contributed by atoms with van der Waals surface area (Å²) in [5, 5.41) is 6.89. The molecule has 3 rings (SSSR count). The number of aromatic nitrogens is 2. The molecule has 1 N–H and O–H groups in total. The first kappa shape index (κ1) is 15.3. The van der Waals surface area contributed by atoms with Gasteiger partial charge in [-0.15, -0.1) is 0 Å². The molecule has 1 aromatic heterocycles. The molecule has 1 aromatic rings. The molecule has 2 aliphatic rings. The molecule has 0 radical (unpaired) electrons. The molecule has 1 unspecified atom stereocenters. The summed E-state index contributed by atoms with van der Waals surface area (Å²) in [6.45, 7) is 5.39. The van der Waals surface area contributed by atoms with Crippen molar-refractivity contribution in [2.75, 3.05) is 26.7 Å². The van der Waals surface area contributed by atoms with Gasteiger partial charge in [-0.2, -0.15) is 4.98 Å². The normalized spacial score (nSPS) is 22.0. The Kier molecular flexibility index (Phi) is 4.61. The van der Waals surface area contributed by atoms with Crippen LogP contribution in [0.4, 0.5) is 4.79 Å². The number of amides is 2. The number of nitrogens with one attached hydrogen (secondary N) is 1. The number of aryl methyl sites for hydroxylation is 1. The van der Waals surface area contributed by atoms with E-state index < -0.39 is 0 Å². The molecule has 1 aliphatic carbocycles. The van der Waals surface area contributed by atoms with Crippen molar-refractivity contribution in [1.29, 1.82) is 0 Å². The fourth-order valence-corrected chi connectivity index (χ4v) is 2.95. The molecule has 7 nitrogen and oxygen atoms in total. The number of carbonyl (C=O) groups excluding carboxylic acids is 1. The Balaban J connectivity index is 1.39.